The first-order valence-corrected chi connectivity index (χ1v) is 9.07. The molecule has 1 unspecified atom stereocenters. The third-order valence-electron chi connectivity index (χ3n) is 3.16. The van der Waals surface area contributed by atoms with Crippen LogP contribution in [0.4, 0.5) is 5.69 Å². The van der Waals surface area contributed by atoms with Gasteiger partial charge >= 0.3 is 0 Å². The van der Waals surface area contributed by atoms with Crippen LogP contribution in [0.3, 0.4) is 0 Å². The zero-order valence-electron chi connectivity index (χ0n) is 10.7. The van der Waals surface area contributed by atoms with Crippen molar-refractivity contribution >= 4 is 27.3 Å². The van der Waals surface area contributed by atoms with E-state index in [1.165, 1.54) is 6.26 Å². The maximum absolute atomic E-state index is 11.8. The quantitative estimate of drug-likeness (QED) is 0.637. The highest BCUT2D eigenvalue weighted by Crippen LogP contribution is 2.25. The number of benzene rings is 1. The summed E-state index contributed by atoms with van der Waals surface area (Å²) < 4.78 is 23.6. The van der Waals surface area contributed by atoms with Gasteiger partial charge in [0.1, 0.15) is 11.1 Å². The van der Waals surface area contributed by atoms with Crippen LogP contribution in [-0.4, -0.2) is 48.1 Å². The topological polar surface area (TPSA) is 83.6 Å². The highest BCUT2D eigenvalue weighted by atomic mass is 32.2. The van der Waals surface area contributed by atoms with Crippen molar-refractivity contribution in [1.82, 2.24) is 4.90 Å². The van der Waals surface area contributed by atoms with Gasteiger partial charge in [-0.05, 0) is 17.7 Å². The Morgan fingerprint density at radius 1 is 1.53 bits per heavy atom. The lowest BCUT2D eigenvalue weighted by atomic mass is 10.1. The van der Waals surface area contributed by atoms with Crippen molar-refractivity contribution in [2.45, 2.75) is 11.9 Å². The smallest absolute Gasteiger partial charge is 0.164 e. The second-order valence-electron chi connectivity index (χ2n) is 4.72. The van der Waals surface area contributed by atoms with Gasteiger partial charge in [0, 0.05) is 30.9 Å². The number of anilines is 1. The highest BCUT2D eigenvalue weighted by molar-refractivity contribution is 8.00. The summed E-state index contributed by atoms with van der Waals surface area (Å²) in [5.74, 6) is 1.59. The average Bonchev–Trinajstić information content (AvgIpc) is 2.33. The molecule has 0 saturated carbocycles. The van der Waals surface area contributed by atoms with E-state index in [9.17, 15) is 13.5 Å². The van der Waals surface area contributed by atoms with E-state index in [1.807, 2.05) is 4.90 Å². The fourth-order valence-electron chi connectivity index (χ4n) is 2.13. The van der Waals surface area contributed by atoms with E-state index >= 15 is 0 Å². The molecule has 0 amide bonds. The molecule has 1 heterocycles. The molecular weight excluding hydrogens is 284 g/mol. The number of aromatic hydroxyl groups is 1. The number of hydrogen-bond acceptors (Lipinski definition) is 6. The summed E-state index contributed by atoms with van der Waals surface area (Å²) >= 11 is 1.66. The Morgan fingerprint density at radius 2 is 2.26 bits per heavy atom. The van der Waals surface area contributed by atoms with E-state index in [-0.39, 0.29) is 5.75 Å². The zero-order valence-corrected chi connectivity index (χ0v) is 12.4. The molecule has 1 aliphatic rings. The minimum Gasteiger partial charge on any atom is -0.506 e. The minimum absolute atomic E-state index is 0.0533. The van der Waals surface area contributed by atoms with Crippen LogP contribution in [0.1, 0.15) is 5.56 Å². The maximum Gasteiger partial charge on any atom is 0.164 e. The van der Waals surface area contributed by atoms with Crippen molar-refractivity contribution in [3.8, 4) is 5.75 Å². The maximum atomic E-state index is 11.8. The Bertz CT molecular complexity index is 560. The molecule has 1 saturated heterocycles. The molecule has 5 nitrogen and oxygen atoms in total. The lowest BCUT2D eigenvalue weighted by Gasteiger charge is -2.34. The van der Waals surface area contributed by atoms with Crippen LogP contribution in [-0.2, 0) is 16.4 Å². The van der Waals surface area contributed by atoms with Crippen molar-refractivity contribution in [2.24, 2.45) is 0 Å². The molecule has 7 heteroatoms. The second-order valence-corrected chi connectivity index (χ2v) is 8.08. The zero-order chi connectivity index (χ0) is 14.0. The van der Waals surface area contributed by atoms with Gasteiger partial charge in [0.25, 0.3) is 0 Å². The van der Waals surface area contributed by atoms with Gasteiger partial charge in [-0.1, -0.05) is 6.07 Å². The number of phenolic OH excluding ortho intramolecular Hbond substituents is 1. The van der Waals surface area contributed by atoms with Gasteiger partial charge in [-0.25, -0.2) is 8.42 Å². The number of nitrogens with two attached hydrogens (primary N) is 1. The van der Waals surface area contributed by atoms with Crippen molar-refractivity contribution in [1.29, 1.82) is 0 Å². The number of nitrogens with zero attached hydrogens (tertiary/aromatic N) is 1. The number of hydrogen-bond donors (Lipinski definition) is 2. The van der Waals surface area contributed by atoms with E-state index in [1.54, 1.807) is 30.0 Å². The molecule has 0 radical (unpaired) electrons. The number of nitrogen functional groups attached to an aromatic ring is 1. The molecule has 106 valence electrons. The number of sulfone groups is 1. The van der Waals surface area contributed by atoms with Crippen LogP contribution in [0.25, 0.3) is 0 Å². The summed E-state index contributed by atoms with van der Waals surface area (Å²) in [6, 6.07) is 5.00. The third-order valence-corrected chi connectivity index (χ3v) is 5.85. The largest absolute Gasteiger partial charge is 0.506 e. The Hall–Kier alpha value is -0.920. The number of thioether (sulfide) groups is 1. The summed E-state index contributed by atoms with van der Waals surface area (Å²) in [7, 11) is -3.09. The molecule has 1 fully saturated rings. The third kappa shape index (κ3) is 3.55. The molecule has 19 heavy (non-hydrogen) atoms. The van der Waals surface area contributed by atoms with Gasteiger partial charge in [0.2, 0.25) is 0 Å². The van der Waals surface area contributed by atoms with E-state index in [0.29, 0.717) is 18.0 Å². The van der Waals surface area contributed by atoms with Crippen LogP contribution in [0.2, 0.25) is 0 Å². The normalized spacial score (nSPS) is 21.4. The molecule has 0 bridgehead atoms. The van der Waals surface area contributed by atoms with Crippen molar-refractivity contribution in [3.05, 3.63) is 23.8 Å². The first-order valence-electron chi connectivity index (χ1n) is 5.96. The molecule has 3 N–H and O–H groups in total. The first kappa shape index (κ1) is 14.5. The molecule has 1 atom stereocenters. The van der Waals surface area contributed by atoms with Gasteiger partial charge < -0.3 is 10.8 Å². The summed E-state index contributed by atoms with van der Waals surface area (Å²) in [6.45, 7) is 1.27. The van der Waals surface area contributed by atoms with E-state index in [0.717, 1.165) is 17.9 Å². The molecular formula is C12H18N2O3S2. The summed E-state index contributed by atoms with van der Waals surface area (Å²) in [4.78, 5) is 1.96. The Labute approximate surface area is 117 Å². The van der Waals surface area contributed by atoms with Gasteiger partial charge in [-0.2, -0.15) is 11.8 Å². The molecule has 1 aromatic carbocycles. The number of phenols is 1. The van der Waals surface area contributed by atoms with Crippen molar-refractivity contribution < 1.29 is 13.5 Å². The molecule has 1 aromatic rings. The Kier molecular flexibility index (Phi) is 4.27. The fourth-order valence-corrected chi connectivity index (χ4v) is 5.07. The predicted octanol–water partition coefficient (Wildman–Crippen LogP) is 0.894. The molecule has 0 aliphatic carbocycles. The highest BCUT2D eigenvalue weighted by Gasteiger charge is 2.30. The summed E-state index contributed by atoms with van der Waals surface area (Å²) in [5, 5.41) is 8.95. The van der Waals surface area contributed by atoms with Crippen LogP contribution < -0.4 is 5.73 Å². The van der Waals surface area contributed by atoms with E-state index < -0.39 is 15.2 Å². The average molecular weight is 302 g/mol. The lowest BCUT2D eigenvalue weighted by Crippen LogP contribution is -2.46. The van der Waals surface area contributed by atoms with Crippen LogP contribution in [0, 0.1) is 0 Å². The van der Waals surface area contributed by atoms with Gasteiger partial charge in [0.05, 0.1) is 5.69 Å². The van der Waals surface area contributed by atoms with Gasteiger partial charge in [-0.15, -0.1) is 0 Å². The van der Waals surface area contributed by atoms with Crippen molar-refractivity contribution in [2.75, 3.05) is 30.0 Å². The Morgan fingerprint density at radius 3 is 2.89 bits per heavy atom. The molecule has 1 aliphatic heterocycles. The fraction of sp³-hybridized carbons (Fsp3) is 0.500. The van der Waals surface area contributed by atoms with Gasteiger partial charge in [-0.3, -0.25) is 4.90 Å². The van der Waals surface area contributed by atoms with Crippen molar-refractivity contribution in [3.63, 3.8) is 0 Å². The monoisotopic (exact) mass is 302 g/mol. The summed E-state index contributed by atoms with van der Waals surface area (Å²) in [5.41, 5.74) is 6.89. The first-order chi connectivity index (χ1) is 8.88. The van der Waals surface area contributed by atoms with Gasteiger partial charge in [0.15, 0.2) is 9.84 Å². The Balaban J connectivity index is 2.17. The molecule has 0 aromatic heterocycles. The minimum atomic E-state index is -3.09. The second kappa shape index (κ2) is 5.60. The molecule has 0 spiro atoms. The van der Waals surface area contributed by atoms with Crippen LogP contribution in [0.5, 0.6) is 5.75 Å². The van der Waals surface area contributed by atoms with Crippen LogP contribution in [0.15, 0.2) is 18.2 Å². The lowest BCUT2D eigenvalue weighted by molar-refractivity contribution is 0.262. The number of rotatable bonds is 3. The molecule has 2 rings (SSSR count). The van der Waals surface area contributed by atoms with E-state index in [2.05, 4.69) is 0 Å². The van der Waals surface area contributed by atoms with Crippen LogP contribution >= 0.6 is 11.8 Å². The van der Waals surface area contributed by atoms with E-state index in [4.69, 9.17) is 5.73 Å². The summed E-state index contributed by atoms with van der Waals surface area (Å²) in [6.07, 6.45) is 1.28. The standard InChI is InChI=1S/C12H18N2O3S2/c1-19(16,17)12-8-18-5-4-14(12)7-9-2-3-11(15)10(13)6-9/h2-3,6,12,15H,4-5,7-8,13H2,1H3. The SMILES string of the molecule is CS(=O)(=O)C1CSCCN1Cc1ccc(O)c(N)c1. The predicted molar refractivity (Wildman–Crippen MR) is 78.9 cm³/mol.